The van der Waals surface area contributed by atoms with Gasteiger partial charge < -0.3 is 4.90 Å². The molecule has 1 amide bonds. The van der Waals surface area contributed by atoms with Crippen molar-refractivity contribution in [2.75, 3.05) is 31.9 Å². The van der Waals surface area contributed by atoms with Crippen molar-refractivity contribution < 1.29 is 13.2 Å². The lowest BCUT2D eigenvalue weighted by Crippen LogP contribution is -2.50. The van der Waals surface area contributed by atoms with E-state index in [1.165, 1.54) is 35.0 Å². The van der Waals surface area contributed by atoms with Gasteiger partial charge in [-0.3, -0.25) is 9.89 Å². The molecule has 158 valence electrons. The molecular weight excluding hydrogens is 454 g/mol. The van der Waals surface area contributed by atoms with E-state index in [0.29, 0.717) is 28.5 Å². The minimum absolute atomic E-state index is 0.0292. The second kappa shape index (κ2) is 8.93. The number of rotatable bonds is 6. The standard InChI is InChI=1S/C17H22ClN5O3S3/c18-13-5-6-15(28-13)29(25,26)23-9-7-22(8-10-23)14(24)11-27-17-19-16(20-21-17)12-3-1-2-4-12/h5-6,12H,1-4,7-11H2,(H,19,20,21). The number of hydrogen-bond donors (Lipinski definition) is 1. The maximum atomic E-state index is 12.6. The number of amides is 1. The van der Waals surface area contributed by atoms with Crippen LogP contribution in [0.4, 0.5) is 0 Å². The first kappa shape index (κ1) is 21.1. The van der Waals surface area contributed by atoms with Gasteiger partial charge in [0.25, 0.3) is 10.0 Å². The first-order chi connectivity index (χ1) is 13.9. The van der Waals surface area contributed by atoms with Gasteiger partial charge in [0.05, 0.1) is 10.1 Å². The topological polar surface area (TPSA) is 99.3 Å². The van der Waals surface area contributed by atoms with Gasteiger partial charge in [0.15, 0.2) is 0 Å². The Balaban J connectivity index is 1.27. The molecule has 1 aliphatic heterocycles. The lowest BCUT2D eigenvalue weighted by Gasteiger charge is -2.33. The van der Waals surface area contributed by atoms with Crippen LogP contribution in [0, 0.1) is 0 Å². The Morgan fingerprint density at radius 2 is 1.97 bits per heavy atom. The molecule has 2 aromatic heterocycles. The Kier molecular flexibility index (Phi) is 6.50. The van der Waals surface area contributed by atoms with Crippen LogP contribution in [-0.2, 0) is 14.8 Å². The van der Waals surface area contributed by atoms with Crippen molar-refractivity contribution in [3.8, 4) is 0 Å². The largest absolute Gasteiger partial charge is 0.339 e. The van der Waals surface area contributed by atoms with E-state index >= 15 is 0 Å². The number of H-pyrrole nitrogens is 1. The molecule has 0 radical (unpaired) electrons. The fraction of sp³-hybridized carbons (Fsp3) is 0.588. The number of thioether (sulfide) groups is 1. The molecule has 0 spiro atoms. The summed E-state index contributed by atoms with van der Waals surface area (Å²) < 4.78 is 27.4. The summed E-state index contributed by atoms with van der Waals surface area (Å²) in [5, 5.41) is 7.81. The second-order valence-electron chi connectivity index (χ2n) is 7.12. The zero-order valence-electron chi connectivity index (χ0n) is 15.7. The van der Waals surface area contributed by atoms with Crippen LogP contribution in [0.15, 0.2) is 21.5 Å². The molecule has 1 saturated carbocycles. The molecular formula is C17H22ClN5O3S3. The van der Waals surface area contributed by atoms with E-state index in [2.05, 4.69) is 15.2 Å². The lowest BCUT2D eigenvalue weighted by atomic mass is 10.1. The van der Waals surface area contributed by atoms with Gasteiger partial charge in [0, 0.05) is 32.1 Å². The highest BCUT2D eigenvalue weighted by molar-refractivity contribution is 7.99. The average molecular weight is 476 g/mol. The second-order valence-corrected chi connectivity index (χ2v) is 11.9. The van der Waals surface area contributed by atoms with E-state index in [0.717, 1.165) is 30.0 Å². The Labute approximate surface area is 183 Å². The molecule has 1 aliphatic carbocycles. The average Bonchev–Trinajstić information content (AvgIpc) is 3.47. The van der Waals surface area contributed by atoms with Crippen LogP contribution in [0.5, 0.6) is 0 Å². The highest BCUT2D eigenvalue weighted by Gasteiger charge is 2.31. The molecule has 0 atom stereocenters. The number of nitrogens with one attached hydrogen (secondary N) is 1. The third-order valence-electron chi connectivity index (χ3n) is 5.28. The predicted octanol–water partition coefficient (Wildman–Crippen LogP) is 2.80. The van der Waals surface area contributed by atoms with Crippen LogP contribution in [0.3, 0.4) is 0 Å². The molecule has 1 N–H and O–H groups in total. The van der Waals surface area contributed by atoms with Gasteiger partial charge in [-0.25, -0.2) is 13.4 Å². The van der Waals surface area contributed by atoms with E-state index in [1.807, 2.05) is 0 Å². The Morgan fingerprint density at radius 3 is 2.62 bits per heavy atom. The van der Waals surface area contributed by atoms with Crippen LogP contribution in [0.2, 0.25) is 4.34 Å². The maximum absolute atomic E-state index is 12.6. The van der Waals surface area contributed by atoms with Crippen molar-refractivity contribution in [1.29, 1.82) is 0 Å². The summed E-state index contributed by atoms with van der Waals surface area (Å²) in [5.74, 6) is 1.60. The zero-order valence-corrected chi connectivity index (χ0v) is 18.9. The first-order valence-electron chi connectivity index (χ1n) is 9.52. The third kappa shape index (κ3) is 4.79. The Bertz CT molecular complexity index is 963. The molecule has 2 aromatic rings. The molecule has 2 aliphatic rings. The summed E-state index contributed by atoms with van der Waals surface area (Å²) in [6, 6.07) is 3.10. The van der Waals surface area contributed by atoms with E-state index in [1.54, 1.807) is 11.0 Å². The van der Waals surface area contributed by atoms with Crippen molar-refractivity contribution in [3.05, 3.63) is 22.3 Å². The van der Waals surface area contributed by atoms with Crippen LogP contribution in [0.1, 0.15) is 37.4 Å². The number of hydrogen-bond acceptors (Lipinski definition) is 7. The summed E-state index contributed by atoms with van der Waals surface area (Å²) in [7, 11) is -3.55. The Morgan fingerprint density at radius 1 is 1.24 bits per heavy atom. The smallest absolute Gasteiger partial charge is 0.252 e. The van der Waals surface area contributed by atoms with E-state index in [9.17, 15) is 13.2 Å². The van der Waals surface area contributed by atoms with Crippen molar-refractivity contribution in [2.24, 2.45) is 0 Å². The summed E-state index contributed by atoms with van der Waals surface area (Å²) >= 11 is 8.23. The predicted molar refractivity (Wildman–Crippen MR) is 113 cm³/mol. The highest BCUT2D eigenvalue weighted by Crippen LogP contribution is 2.32. The summed E-state index contributed by atoms with van der Waals surface area (Å²) in [6.07, 6.45) is 4.74. The van der Waals surface area contributed by atoms with Crippen molar-refractivity contribution in [2.45, 2.75) is 41.0 Å². The first-order valence-corrected chi connectivity index (χ1v) is 13.1. The van der Waals surface area contributed by atoms with Crippen molar-refractivity contribution >= 4 is 50.6 Å². The number of piperazine rings is 1. The van der Waals surface area contributed by atoms with Gasteiger partial charge >= 0.3 is 0 Å². The molecule has 0 unspecified atom stereocenters. The van der Waals surface area contributed by atoms with Crippen LogP contribution < -0.4 is 0 Å². The fourth-order valence-corrected chi connectivity index (χ4v) is 7.43. The third-order valence-corrected chi connectivity index (χ3v) is 9.71. The fourth-order valence-electron chi connectivity index (χ4n) is 3.66. The minimum atomic E-state index is -3.55. The zero-order chi connectivity index (χ0) is 20.4. The lowest BCUT2D eigenvalue weighted by molar-refractivity contribution is -0.129. The number of thiophene rings is 1. The molecule has 3 heterocycles. The Hall–Kier alpha value is -1.14. The van der Waals surface area contributed by atoms with Gasteiger partial charge in [-0.1, -0.05) is 36.2 Å². The van der Waals surface area contributed by atoms with Gasteiger partial charge in [0.1, 0.15) is 10.0 Å². The van der Waals surface area contributed by atoms with Gasteiger partial charge in [-0.2, -0.15) is 4.31 Å². The summed E-state index contributed by atoms with van der Waals surface area (Å²) in [4.78, 5) is 18.7. The maximum Gasteiger partial charge on any atom is 0.252 e. The monoisotopic (exact) mass is 475 g/mol. The summed E-state index contributed by atoms with van der Waals surface area (Å²) in [6.45, 7) is 1.31. The number of halogens is 1. The van der Waals surface area contributed by atoms with E-state index < -0.39 is 10.0 Å². The number of carbonyl (C=O) groups excluding carboxylic acids is 1. The molecule has 0 bridgehead atoms. The van der Waals surface area contributed by atoms with Crippen molar-refractivity contribution in [3.63, 3.8) is 0 Å². The minimum Gasteiger partial charge on any atom is -0.339 e. The molecule has 1 saturated heterocycles. The number of nitrogens with zero attached hydrogens (tertiary/aromatic N) is 4. The quantitative estimate of drug-likeness (QED) is 0.645. The van der Waals surface area contributed by atoms with Crippen molar-refractivity contribution in [1.82, 2.24) is 24.4 Å². The van der Waals surface area contributed by atoms with Crippen LogP contribution >= 0.6 is 34.7 Å². The number of carbonyl (C=O) groups is 1. The molecule has 29 heavy (non-hydrogen) atoms. The van der Waals surface area contributed by atoms with Crippen LogP contribution in [-0.4, -0.2) is 70.6 Å². The number of sulfonamides is 1. The molecule has 0 aromatic carbocycles. The molecule has 4 rings (SSSR count). The normalized spacial score (nSPS) is 19.1. The van der Waals surface area contributed by atoms with Gasteiger partial charge in [0.2, 0.25) is 11.1 Å². The molecule has 8 nitrogen and oxygen atoms in total. The highest BCUT2D eigenvalue weighted by atomic mass is 35.5. The van der Waals surface area contributed by atoms with Gasteiger partial charge in [-0.05, 0) is 25.0 Å². The summed E-state index contributed by atoms with van der Waals surface area (Å²) in [5.41, 5.74) is 0. The molecule has 2 fully saturated rings. The number of aromatic amines is 1. The SMILES string of the molecule is O=C(CSc1n[nH]c(C2CCCC2)n1)N1CCN(S(=O)(=O)c2ccc(Cl)s2)CC1. The number of aromatic nitrogens is 3. The van der Waals surface area contributed by atoms with E-state index in [-0.39, 0.29) is 29.0 Å². The molecule has 12 heteroatoms. The van der Waals surface area contributed by atoms with Crippen LogP contribution in [0.25, 0.3) is 0 Å². The van der Waals surface area contributed by atoms with Gasteiger partial charge in [-0.15, -0.1) is 16.4 Å². The van der Waals surface area contributed by atoms with E-state index in [4.69, 9.17) is 11.6 Å².